The minimum atomic E-state index is -4.69. The SMILES string of the molecule is Cc1ccc2c(c1)N(Cc1c(F)cccc1C(F)(F)F)C(=O)C2(C)C. The number of rotatable bonds is 2. The Hall–Kier alpha value is -2.37. The van der Waals surface area contributed by atoms with Crippen molar-refractivity contribution in [2.75, 3.05) is 4.90 Å². The van der Waals surface area contributed by atoms with Gasteiger partial charge in [-0.15, -0.1) is 0 Å². The third-order valence-corrected chi connectivity index (χ3v) is 4.64. The van der Waals surface area contributed by atoms with Crippen molar-refractivity contribution in [3.8, 4) is 0 Å². The van der Waals surface area contributed by atoms with Gasteiger partial charge in [-0.25, -0.2) is 4.39 Å². The van der Waals surface area contributed by atoms with E-state index in [1.54, 1.807) is 26.0 Å². The average Bonchev–Trinajstić information content (AvgIpc) is 2.68. The molecule has 25 heavy (non-hydrogen) atoms. The molecule has 0 saturated carbocycles. The molecule has 2 aromatic rings. The van der Waals surface area contributed by atoms with E-state index in [2.05, 4.69) is 0 Å². The summed E-state index contributed by atoms with van der Waals surface area (Å²) in [6, 6.07) is 8.23. The number of benzene rings is 2. The van der Waals surface area contributed by atoms with Gasteiger partial charge >= 0.3 is 6.18 Å². The lowest BCUT2D eigenvalue weighted by atomic mass is 9.86. The van der Waals surface area contributed by atoms with Crippen molar-refractivity contribution < 1.29 is 22.4 Å². The molecule has 1 heterocycles. The number of nitrogens with zero attached hydrogens (tertiary/aromatic N) is 1. The molecule has 3 rings (SSSR count). The summed E-state index contributed by atoms with van der Waals surface area (Å²) in [5.41, 5.74) is -0.307. The molecule has 0 N–H and O–H groups in total. The van der Waals surface area contributed by atoms with Crippen molar-refractivity contribution in [3.63, 3.8) is 0 Å². The van der Waals surface area contributed by atoms with E-state index in [4.69, 9.17) is 0 Å². The molecule has 1 amide bonds. The number of fused-ring (bicyclic) bond motifs is 1. The fourth-order valence-electron chi connectivity index (χ4n) is 3.26. The monoisotopic (exact) mass is 351 g/mol. The largest absolute Gasteiger partial charge is 0.416 e. The molecule has 6 heteroatoms. The minimum Gasteiger partial charge on any atom is -0.307 e. The van der Waals surface area contributed by atoms with E-state index in [1.165, 1.54) is 4.90 Å². The highest BCUT2D eigenvalue weighted by Gasteiger charge is 2.45. The molecule has 0 unspecified atom stereocenters. The third-order valence-electron chi connectivity index (χ3n) is 4.64. The molecule has 0 aromatic heterocycles. The van der Waals surface area contributed by atoms with E-state index in [9.17, 15) is 22.4 Å². The van der Waals surface area contributed by atoms with Crippen molar-refractivity contribution in [2.24, 2.45) is 0 Å². The molecule has 1 aliphatic rings. The van der Waals surface area contributed by atoms with Crippen LogP contribution in [-0.4, -0.2) is 5.91 Å². The molecular weight excluding hydrogens is 334 g/mol. The maximum atomic E-state index is 14.2. The molecule has 0 spiro atoms. The number of anilines is 1. The second-order valence-electron chi connectivity index (χ2n) is 6.80. The van der Waals surface area contributed by atoms with Gasteiger partial charge in [0.2, 0.25) is 5.91 Å². The van der Waals surface area contributed by atoms with Crippen LogP contribution >= 0.6 is 0 Å². The van der Waals surface area contributed by atoms with E-state index in [-0.39, 0.29) is 5.91 Å². The number of carbonyl (C=O) groups is 1. The van der Waals surface area contributed by atoms with E-state index in [1.807, 2.05) is 13.0 Å². The molecule has 132 valence electrons. The molecule has 0 saturated heterocycles. The Kier molecular flexibility index (Phi) is 3.89. The molecule has 1 aliphatic heterocycles. The Balaban J connectivity index is 2.12. The molecule has 0 radical (unpaired) electrons. The molecule has 0 atom stereocenters. The topological polar surface area (TPSA) is 20.3 Å². The average molecular weight is 351 g/mol. The highest BCUT2D eigenvalue weighted by Crippen LogP contribution is 2.43. The normalized spacial score (nSPS) is 16.3. The number of amides is 1. The summed E-state index contributed by atoms with van der Waals surface area (Å²) in [6.07, 6.45) is -4.69. The first-order valence-corrected chi connectivity index (χ1v) is 7.81. The van der Waals surface area contributed by atoms with E-state index in [0.717, 1.165) is 29.3 Å². The van der Waals surface area contributed by atoms with Crippen LogP contribution in [0.25, 0.3) is 0 Å². The van der Waals surface area contributed by atoms with Crippen LogP contribution in [-0.2, 0) is 22.9 Å². The van der Waals surface area contributed by atoms with Crippen molar-refractivity contribution in [1.82, 2.24) is 0 Å². The third kappa shape index (κ3) is 2.79. The lowest BCUT2D eigenvalue weighted by Crippen LogP contribution is -2.36. The highest BCUT2D eigenvalue weighted by atomic mass is 19.4. The molecule has 2 nitrogen and oxygen atoms in total. The number of aryl methyl sites for hydroxylation is 1. The molecule has 0 fully saturated rings. The fraction of sp³-hybridized carbons (Fsp3) is 0.316. The standard InChI is InChI=1S/C19H17F4NO/c1-11-7-8-14-16(9-11)24(17(25)18(14,2)3)10-12-13(19(21,22)23)5-4-6-15(12)20/h4-9H,10H2,1-3H3. The number of carbonyl (C=O) groups excluding carboxylic acids is 1. The predicted octanol–water partition coefficient (Wildman–Crippen LogP) is 4.98. The van der Waals surface area contributed by atoms with Gasteiger partial charge < -0.3 is 4.90 Å². The maximum absolute atomic E-state index is 14.2. The van der Waals surface area contributed by atoms with Gasteiger partial charge in [0.1, 0.15) is 5.82 Å². The Morgan fingerprint density at radius 2 is 1.80 bits per heavy atom. The van der Waals surface area contributed by atoms with Crippen LogP contribution in [0.3, 0.4) is 0 Å². The molecule has 0 aliphatic carbocycles. The Morgan fingerprint density at radius 3 is 2.44 bits per heavy atom. The summed E-state index contributed by atoms with van der Waals surface area (Å²) in [5, 5.41) is 0. The Morgan fingerprint density at radius 1 is 1.12 bits per heavy atom. The smallest absolute Gasteiger partial charge is 0.307 e. The van der Waals surface area contributed by atoms with Gasteiger partial charge in [0.25, 0.3) is 0 Å². The van der Waals surface area contributed by atoms with Crippen LogP contribution in [0.1, 0.15) is 36.1 Å². The van der Waals surface area contributed by atoms with Gasteiger partial charge in [0.05, 0.1) is 17.5 Å². The van der Waals surface area contributed by atoms with Gasteiger partial charge in [-0.05, 0) is 50.1 Å². The van der Waals surface area contributed by atoms with Gasteiger partial charge in [-0.2, -0.15) is 13.2 Å². The van der Waals surface area contributed by atoms with Crippen LogP contribution in [0.2, 0.25) is 0 Å². The second kappa shape index (κ2) is 5.58. The summed E-state index contributed by atoms with van der Waals surface area (Å²) >= 11 is 0. The summed E-state index contributed by atoms with van der Waals surface area (Å²) in [7, 11) is 0. The highest BCUT2D eigenvalue weighted by molar-refractivity contribution is 6.07. The van der Waals surface area contributed by atoms with E-state index >= 15 is 0 Å². The van der Waals surface area contributed by atoms with E-state index < -0.39 is 35.1 Å². The first-order chi connectivity index (χ1) is 11.5. The second-order valence-corrected chi connectivity index (χ2v) is 6.80. The first kappa shape index (κ1) is 17.5. The van der Waals surface area contributed by atoms with E-state index in [0.29, 0.717) is 5.69 Å². The molecule has 2 aromatic carbocycles. The summed E-state index contributed by atoms with van der Waals surface area (Å²) in [5.74, 6) is -1.31. The lowest BCUT2D eigenvalue weighted by molar-refractivity contribution is -0.138. The fourth-order valence-corrected chi connectivity index (χ4v) is 3.26. The molecular formula is C19H17F4NO. The quantitative estimate of drug-likeness (QED) is 0.699. The van der Waals surface area contributed by atoms with Gasteiger partial charge in [0, 0.05) is 11.3 Å². The van der Waals surface area contributed by atoms with Crippen molar-refractivity contribution >= 4 is 11.6 Å². The van der Waals surface area contributed by atoms with Crippen LogP contribution in [0, 0.1) is 12.7 Å². The number of alkyl halides is 3. The van der Waals surface area contributed by atoms with Crippen molar-refractivity contribution in [2.45, 2.75) is 38.9 Å². The van der Waals surface area contributed by atoms with Gasteiger partial charge in [-0.3, -0.25) is 4.79 Å². The number of halogens is 4. The van der Waals surface area contributed by atoms with Gasteiger partial charge in [-0.1, -0.05) is 18.2 Å². The Bertz CT molecular complexity index is 855. The summed E-state index contributed by atoms with van der Waals surface area (Å²) < 4.78 is 53.9. The van der Waals surface area contributed by atoms with Gasteiger partial charge in [0.15, 0.2) is 0 Å². The minimum absolute atomic E-state index is 0.343. The van der Waals surface area contributed by atoms with Crippen LogP contribution in [0.5, 0.6) is 0 Å². The lowest BCUT2D eigenvalue weighted by Gasteiger charge is -2.23. The zero-order valence-electron chi connectivity index (χ0n) is 14.0. The van der Waals surface area contributed by atoms with Crippen LogP contribution < -0.4 is 4.90 Å². The zero-order chi connectivity index (χ0) is 18.6. The summed E-state index contributed by atoms with van der Waals surface area (Å²) in [6.45, 7) is 4.81. The first-order valence-electron chi connectivity index (χ1n) is 7.81. The molecule has 0 bridgehead atoms. The van der Waals surface area contributed by atoms with Crippen LogP contribution in [0.4, 0.5) is 23.2 Å². The summed E-state index contributed by atoms with van der Waals surface area (Å²) in [4.78, 5) is 14.0. The Labute approximate surface area is 143 Å². The van der Waals surface area contributed by atoms with Crippen molar-refractivity contribution in [3.05, 3.63) is 64.5 Å². The predicted molar refractivity (Wildman–Crippen MR) is 86.8 cm³/mol. The zero-order valence-corrected chi connectivity index (χ0v) is 14.0. The van der Waals surface area contributed by atoms with Crippen LogP contribution in [0.15, 0.2) is 36.4 Å². The number of hydrogen-bond donors (Lipinski definition) is 0. The van der Waals surface area contributed by atoms with Crippen molar-refractivity contribution in [1.29, 1.82) is 0 Å². The maximum Gasteiger partial charge on any atom is 0.416 e. The number of hydrogen-bond acceptors (Lipinski definition) is 1.